The van der Waals surface area contributed by atoms with Crippen LogP contribution in [0.5, 0.6) is 5.75 Å². The largest absolute Gasteiger partial charge is 0.508 e. The van der Waals surface area contributed by atoms with E-state index < -0.39 is 0 Å². The molecular weight excluding hydrogens is 266 g/mol. The fourth-order valence-electron chi connectivity index (χ4n) is 2.72. The predicted octanol–water partition coefficient (Wildman–Crippen LogP) is -0.471. The number of imidazole rings is 1. The summed E-state index contributed by atoms with van der Waals surface area (Å²) in [7, 11) is 0. The lowest BCUT2D eigenvalue weighted by Gasteiger charge is -2.16. The minimum atomic E-state index is -0.141. The molecule has 6 N–H and O–H groups in total. The molecule has 0 spiro atoms. The molecule has 1 atom stereocenters. The number of aromatic hydroxyl groups is 1. The van der Waals surface area contributed by atoms with Gasteiger partial charge in [0.15, 0.2) is 0 Å². The third-order valence-corrected chi connectivity index (χ3v) is 3.67. The van der Waals surface area contributed by atoms with Crippen molar-refractivity contribution in [1.82, 2.24) is 4.98 Å². The van der Waals surface area contributed by atoms with E-state index in [4.69, 9.17) is 5.73 Å². The van der Waals surface area contributed by atoms with Gasteiger partial charge in [0.2, 0.25) is 6.17 Å². The molecule has 6 heteroatoms. The van der Waals surface area contributed by atoms with Crippen LogP contribution in [-0.2, 0) is 0 Å². The summed E-state index contributed by atoms with van der Waals surface area (Å²) < 4.78 is 2.11. The lowest BCUT2D eigenvalue weighted by atomic mass is 10.1. The minimum absolute atomic E-state index is 0.141. The first kappa shape index (κ1) is 11.8. The first-order chi connectivity index (χ1) is 10.2. The number of anilines is 1. The van der Waals surface area contributed by atoms with Gasteiger partial charge in [-0.2, -0.15) is 9.88 Å². The first-order valence-corrected chi connectivity index (χ1v) is 6.69. The van der Waals surface area contributed by atoms with E-state index in [2.05, 4.69) is 19.9 Å². The molecule has 2 heterocycles. The number of fused-ring (bicyclic) bond motifs is 3. The van der Waals surface area contributed by atoms with Gasteiger partial charge in [-0.1, -0.05) is 12.1 Å². The van der Waals surface area contributed by atoms with Crippen LogP contribution in [0.1, 0.15) is 11.7 Å². The monoisotopic (exact) mass is 281 g/mol. The molecule has 21 heavy (non-hydrogen) atoms. The van der Waals surface area contributed by atoms with Crippen LogP contribution in [0.15, 0.2) is 48.5 Å². The molecule has 4 rings (SSSR count). The molecule has 0 saturated heterocycles. The van der Waals surface area contributed by atoms with Crippen molar-refractivity contribution in [3.05, 3.63) is 54.1 Å². The average Bonchev–Trinajstić information content (AvgIpc) is 2.85. The SMILES string of the molecule is NC1=[NH+][C@@H](c2ccc(O)cc2)[n+]2c([nH]c3ccccc32)N1. The van der Waals surface area contributed by atoms with Gasteiger partial charge in [-0.25, -0.2) is 9.98 Å². The van der Waals surface area contributed by atoms with Crippen LogP contribution in [0, 0.1) is 0 Å². The van der Waals surface area contributed by atoms with Crippen molar-refractivity contribution in [2.45, 2.75) is 6.17 Å². The van der Waals surface area contributed by atoms with Crippen LogP contribution in [-0.4, -0.2) is 16.1 Å². The fraction of sp³-hybridized carbons (Fsp3) is 0.0667. The Morgan fingerprint density at radius 3 is 2.67 bits per heavy atom. The molecule has 0 radical (unpaired) electrons. The number of aromatic amines is 1. The first-order valence-electron chi connectivity index (χ1n) is 6.69. The van der Waals surface area contributed by atoms with Crippen LogP contribution in [0.25, 0.3) is 11.0 Å². The molecule has 3 aromatic rings. The van der Waals surface area contributed by atoms with Crippen molar-refractivity contribution < 1.29 is 14.7 Å². The molecule has 0 fully saturated rings. The van der Waals surface area contributed by atoms with Crippen molar-refractivity contribution in [1.29, 1.82) is 0 Å². The van der Waals surface area contributed by atoms with E-state index in [0.29, 0.717) is 5.96 Å². The highest BCUT2D eigenvalue weighted by Gasteiger charge is 2.32. The Bertz CT molecular complexity index is 850. The second-order valence-electron chi connectivity index (χ2n) is 5.04. The highest BCUT2D eigenvalue weighted by atomic mass is 16.3. The Morgan fingerprint density at radius 2 is 1.86 bits per heavy atom. The Balaban J connectivity index is 1.95. The van der Waals surface area contributed by atoms with Gasteiger partial charge in [0.1, 0.15) is 16.8 Å². The summed E-state index contributed by atoms with van der Waals surface area (Å²) in [5.41, 5.74) is 9.04. The van der Waals surface area contributed by atoms with Crippen LogP contribution in [0.2, 0.25) is 0 Å². The number of rotatable bonds is 1. The van der Waals surface area contributed by atoms with E-state index in [-0.39, 0.29) is 11.9 Å². The minimum Gasteiger partial charge on any atom is -0.508 e. The third kappa shape index (κ3) is 1.80. The molecule has 0 aliphatic carbocycles. The normalized spacial score (nSPS) is 17.1. The molecule has 0 unspecified atom stereocenters. The number of guanidine groups is 1. The van der Waals surface area contributed by atoms with E-state index in [1.165, 1.54) is 0 Å². The second-order valence-corrected chi connectivity index (χ2v) is 5.04. The topological polar surface area (TPSA) is 91.9 Å². The summed E-state index contributed by atoms with van der Waals surface area (Å²) in [4.78, 5) is 6.55. The zero-order chi connectivity index (χ0) is 14.4. The quantitative estimate of drug-likeness (QED) is 0.390. The zero-order valence-corrected chi connectivity index (χ0v) is 11.2. The van der Waals surface area contributed by atoms with Crippen LogP contribution in [0.4, 0.5) is 5.95 Å². The van der Waals surface area contributed by atoms with E-state index in [0.717, 1.165) is 22.5 Å². The number of hydrogen-bond acceptors (Lipinski definition) is 3. The molecule has 1 aromatic heterocycles. The number of aromatic nitrogens is 2. The number of phenolic OH excluding ortho intramolecular Hbond substituents is 1. The van der Waals surface area contributed by atoms with E-state index in [1.54, 1.807) is 12.1 Å². The number of benzene rings is 2. The van der Waals surface area contributed by atoms with Gasteiger partial charge in [-0.05, 0) is 36.4 Å². The maximum atomic E-state index is 9.46. The molecule has 6 nitrogen and oxygen atoms in total. The molecule has 0 amide bonds. The van der Waals surface area contributed by atoms with Gasteiger partial charge >= 0.3 is 11.9 Å². The van der Waals surface area contributed by atoms with Gasteiger partial charge in [-0.3, -0.25) is 5.73 Å². The molecule has 1 aliphatic heterocycles. The standard InChI is InChI=1S/C15H13N5O/c16-14-18-13(9-5-7-10(21)8-6-9)20-12-4-2-1-3-11(12)17-15(20)19-14/h1-8,13H,(H4,16,17,18,19,21)/p+2/t13-/m1/s1. The van der Waals surface area contributed by atoms with Crippen molar-refractivity contribution in [3.8, 4) is 5.75 Å². The van der Waals surface area contributed by atoms with Crippen LogP contribution < -0.4 is 20.6 Å². The summed E-state index contributed by atoms with van der Waals surface area (Å²) in [5.74, 6) is 1.55. The Labute approximate surface area is 120 Å². The summed E-state index contributed by atoms with van der Waals surface area (Å²) in [6, 6.07) is 15.2. The molecule has 1 aliphatic rings. The van der Waals surface area contributed by atoms with Gasteiger partial charge in [-0.15, -0.1) is 0 Å². The van der Waals surface area contributed by atoms with Crippen molar-refractivity contribution in [2.24, 2.45) is 5.73 Å². The molecule has 0 saturated carbocycles. The van der Waals surface area contributed by atoms with E-state index in [1.807, 2.05) is 36.4 Å². The van der Waals surface area contributed by atoms with Gasteiger partial charge in [0.25, 0.3) is 0 Å². The third-order valence-electron chi connectivity index (χ3n) is 3.67. The maximum absolute atomic E-state index is 9.46. The van der Waals surface area contributed by atoms with Crippen LogP contribution in [0.3, 0.4) is 0 Å². The summed E-state index contributed by atoms with van der Waals surface area (Å²) in [5, 5.41) is 12.6. The van der Waals surface area contributed by atoms with Crippen LogP contribution >= 0.6 is 0 Å². The molecular formula is C15H15N5O+2. The number of nitrogens with one attached hydrogen (secondary N) is 3. The Morgan fingerprint density at radius 1 is 1.10 bits per heavy atom. The number of hydrogen-bond donors (Lipinski definition) is 5. The Hall–Kier alpha value is -3.02. The number of para-hydroxylation sites is 2. The lowest BCUT2D eigenvalue weighted by Crippen LogP contribution is -2.88. The van der Waals surface area contributed by atoms with E-state index >= 15 is 0 Å². The number of phenols is 1. The average molecular weight is 281 g/mol. The highest BCUT2D eigenvalue weighted by molar-refractivity contribution is 5.87. The predicted molar refractivity (Wildman–Crippen MR) is 78.5 cm³/mol. The zero-order valence-electron chi connectivity index (χ0n) is 11.2. The molecule has 104 valence electrons. The maximum Gasteiger partial charge on any atom is 0.368 e. The van der Waals surface area contributed by atoms with Crippen molar-refractivity contribution >= 4 is 22.9 Å². The van der Waals surface area contributed by atoms with Crippen molar-refractivity contribution in [3.63, 3.8) is 0 Å². The fourth-order valence-corrected chi connectivity index (χ4v) is 2.72. The van der Waals surface area contributed by atoms with Crippen molar-refractivity contribution in [2.75, 3.05) is 5.32 Å². The highest BCUT2D eigenvalue weighted by Crippen LogP contribution is 2.19. The number of nitrogens with zero attached hydrogens (tertiary/aromatic N) is 1. The molecule has 0 bridgehead atoms. The number of H-pyrrole nitrogens is 1. The summed E-state index contributed by atoms with van der Waals surface area (Å²) >= 11 is 0. The van der Waals surface area contributed by atoms with Gasteiger partial charge in [0.05, 0.1) is 0 Å². The second kappa shape index (κ2) is 4.24. The summed E-state index contributed by atoms with van der Waals surface area (Å²) in [6.45, 7) is 0. The van der Waals surface area contributed by atoms with E-state index in [9.17, 15) is 5.11 Å². The molecule has 2 aromatic carbocycles. The summed E-state index contributed by atoms with van der Waals surface area (Å²) in [6.07, 6.45) is -0.141. The lowest BCUT2D eigenvalue weighted by molar-refractivity contribution is -0.840. The van der Waals surface area contributed by atoms with Gasteiger partial charge < -0.3 is 5.11 Å². The number of nitrogens with two attached hydrogens (primary N) is 1. The Kier molecular flexibility index (Phi) is 2.38. The smallest absolute Gasteiger partial charge is 0.368 e. The van der Waals surface area contributed by atoms with Gasteiger partial charge in [0, 0.05) is 5.56 Å².